The summed E-state index contributed by atoms with van der Waals surface area (Å²) >= 11 is 0. The Hall–Kier alpha value is -2.34. The molecule has 0 saturated heterocycles. The summed E-state index contributed by atoms with van der Waals surface area (Å²) in [6.45, 7) is 5.05. The molecule has 2 aromatic rings. The lowest BCUT2D eigenvalue weighted by atomic mass is 9.97. The van der Waals surface area contributed by atoms with Crippen molar-refractivity contribution in [3.63, 3.8) is 0 Å². The fraction of sp³-hybridized carbons (Fsp3) is 0.444. The van der Waals surface area contributed by atoms with Gasteiger partial charge in [0.1, 0.15) is 11.4 Å². The van der Waals surface area contributed by atoms with Gasteiger partial charge in [-0.3, -0.25) is 4.79 Å². The van der Waals surface area contributed by atoms with Gasteiger partial charge in [-0.1, -0.05) is 26.0 Å². The number of hydrogen-bond donors (Lipinski definition) is 2. The van der Waals surface area contributed by atoms with Crippen LogP contribution in [0.5, 0.6) is 5.75 Å². The summed E-state index contributed by atoms with van der Waals surface area (Å²) in [7, 11) is 1.63. The highest BCUT2D eigenvalue weighted by atomic mass is 16.5. The highest BCUT2D eigenvalue weighted by molar-refractivity contribution is 5.70. The second-order valence-corrected chi connectivity index (χ2v) is 6.20. The van der Waals surface area contributed by atoms with Crippen molar-refractivity contribution in [2.45, 2.75) is 26.8 Å². The maximum absolute atomic E-state index is 11.3. The van der Waals surface area contributed by atoms with Crippen molar-refractivity contribution < 1.29 is 14.6 Å². The molecule has 0 aliphatic heterocycles. The molecule has 0 bridgehead atoms. The van der Waals surface area contributed by atoms with Gasteiger partial charge in [-0.15, -0.1) is 0 Å². The number of carboxylic acid groups (broad SMARTS) is 1. The summed E-state index contributed by atoms with van der Waals surface area (Å²) in [5.74, 6) is -0.0419. The Balaban J connectivity index is 2.05. The van der Waals surface area contributed by atoms with E-state index in [1.807, 2.05) is 48.9 Å². The number of aromatic nitrogens is 2. The predicted molar refractivity (Wildman–Crippen MR) is 92.4 cm³/mol. The van der Waals surface area contributed by atoms with Crippen LogP contribution in [0.1, 0.15) is 26.0 Å². The summed E-state index contributed by atoms with van der Waals surface area (Å²) < 4.78 is 7.19. The maximum Gasteiger partial charge on any atom is 0.307 e. The van der Waals surface area contributed by atoms with Crippen molar-refractivity contribution in [2.24, 2.45) is 11.8 Å². The Morgan fingerprint density at radius 1 is 1.33 bits per heavy atom. The molecular weight excluding hydrogens is 306 g/mol. The normalized spacial score (nSPS) is 12.3. The third-order valence-electron chi connectivity index (χ3n) is 3.84. The smallest absolute Gasteiger partial charge is 0.307 e. The molecule has 6 heteroatoms. The van der Waals surface area contributed by atoms with Crippen LogP contribution in [-0.4, -0.2) is 34.5 Å². The van der Waals surface area contributed by atoms with E-state index in [1.165, 1.54) is 0 Å². The first-order chi connectivity index (χ1) is 11.5. The van der Waals surface area contributed by atoms with Gasteiger partial charge in [0.05, 0.1) is 18.7 Å². The molecule has 1 atom stereocenters. The van der Waals surface area contributed by atoms with Crippen LogP contribution >= 0.6 is 0 Å². The van der Waals surface area contributed by atoms with E-state index in [9.17, 15) is 9.90 Å². The van der Waals surface area contributed by atoms with E-state index in [2.05, 4.69) is 10.4 Å². The standard InChI is InChI=1S/C18H25N3O3/c1-13(2)10-14(18(22)23)11-19-12-15-8-9-20-21(15)16-6-4-5-7-17(16)24-3/h4-9,13-14,19H,10-12H2,1-3H3,(H,22,23). The molecule has 0 aliphatic rings. The van der Waals surface area contributed by atoms with Gasteiger partial charge < -0.3 is 15.2 Å². The van der Waals surface area contributed by atoms with Gasteiger partial charge in [0.25, 0.3) is 0 Å². The number of ether oxygens (including phenoxy) is 1. The fourth-order valence-electron chi connectivity index (χ4n) is 2.70. The van der Waals surface area contributed by atoms with Gasteiger partial charge in [0.2, 0.25) is 0 Å². The molecule has 0 amide bonds. The van der Waals surface area contributed by atoms with Crippen LogP contribution in [0.2, 0.25) is 0 Å². The van der Waals surface area contributed by atoms with E-state index in [1.54, 1.807) is 13.3 Å². The van der Waals surface area contributed by atoms with Gasteiger partial charge in [0, 0.05) is 19.3 Å². The van der Waals surface area contributed by atoms with Crippen molar-refractivity contribution in [2.75, 3.05) is 13.7 Å². The highest BCUT2D eigenvalue weighted by Crippen LogP contribution is 2.22. The summed E-state index contributed by atoms with van der Waals surface area (Å²) in [5, 5.41) is 16.9. The lowest BCUT2D eigenvalue weighted by molar-refractivity contribution is -0.142. The zero-order valence-electron chi connectivity index (χ0n) is 14.4. The first-order valence-corrected chi connectivity index (χ1v) is 8.12. The van der Waals surface area contributed by atoms with Crippen molar-refractivity contribution >= 4 is 5.97 Å². The monoisotopic (exact) mass is 331 g/mol. The molecule has 0 spiro atoms. The molecule has 1 aromatic carbocycles. The summed E-state index contributed by atoms with van der Waals surface area (Å²) in [4.78, 5) is 11.3. The molecule has 0 fully saturated rings. The fourth-order valence-corrected chi connectivity index (χ4v) is 2.70. The molecule has 6 nitrogen and oxygen atoms in total. The first-order valence-electron chi connectivity index (χ1n) is 8.12. The Labute approximate surface area is 142 Å². The van der Waals surface area contributed by atoms with E-state index in [-0.39, 0.29) is 5.92 Å². The molecule has 1 aromatic heterocycles. The third-order valence-corrected chi connectivity index (χ3v) is 3.84. The number of carboxylic acids is 1. The van der Waals surface area contributed by atoms with Crippen molar-refractivity contribution in [3.8, 4) is 11.4 Å². The Morgan fingerprint density at radius 2 is 2.08 bits per heavy atom. The van der Waals surface area contributed by atoms with Gasteiger partial charge in [-0.05, 0) is 30.5 Å². The topological polar surface area (TPSA) is 76.4 Å². The number of para-hydroxylation sites is 2. The number of methoxy groups -OCH3 is 1. The molecule has 2 N–H and O–H groups in total. The zero-order chi connectivity index (χ0) is 17.5. The van der Waals surface area contributed by atoms with E-state index < -0.39 is 5.97 Å². The molecular formula is C18H25N3O3. The van der Waals surface area contributed by atoms with Crippen LogP contribution in [0.3, 0.4) is 0 Å². The second kappa shape index (κ2) is 8.49. The van der Waals surface area contributed by atoms with Crippen LogP contribution in [0, 0.1) is 11.8 Å². The van der Waals surface area contributed by atoms with Gasteiger partial charge in [-0.2, -0.15) is 5.10 Å². The Kier molecular flexibility index (Phi) is 6.37. The molecule has 0 radical (unpaired) electrons. The van der Waals surface area contributed by atoms with E-state index >= 15 is 0 Å². The van der Waals surface area contributed by atoms with Gasteiger partial charge in [0.15, 0.2) is 0 Å². The summed E-state index contributed by atoms with van der Waals surface area (Å²) in [6.07, 6.45) is 2.39. The summed E-state index contributed by atoms with van der Waals surface area (Å²) in [5.41, 5.74) is 1.81. The number of nitrogens with zero attached hydrogens (tertiary/aromatic N) is 2. The number of rotatable bonds is 9. The number of aliphatic carboxylic acids is 1. The maximum atomic E-state index is 11.3. The van der Waals surface area contributed by atoms with E-state index in [4.69, 9.17) is 4.74 Å². The molecule has 24 heavy (non-hydrogen) atoms. The zero-order valence-corrected chi connectivity index (χ0v) is 14.4. The largest absolute Gasteiger partial charge is 0.494 e. The average molecular weight is 331 g/mol. The van der Waals surface area contributed by atoms with Crippen molar-refractivity contribution in [1.82, 2.24) is 15.1 Å². The minimum absolute atomic E-state index is 0.354. The van der Waals surface area contributed by atoms with Crippen molar-refractivity contribution in [3.05, 3.63) is 42.2 Å². The lowest BCUT2D eigenvalue weighted by Gasteiger charge is -2.16. The van der Waals surface area contributed by atoms with Crippen LogP contribution in [0.15, 0.2) is 36.5 Å². The number of benzene rings is 1. The van der Waals surface area contributed by atoms with Crippen molar-refractivity contribution in [1.29, 1.82) is 0 Å². The summed E-state index contributed by atoms with van der Waals surface area (Å²) in [6, 6.07) is 9.58. The second-order valence-electron chi connectivity index (χ2n) is 6.20. The average Bonchev–Trinajstić information content (AvgIpc) is 3.01. The number of hydrogen-bond acceptors (Lipinski definition) is 4. The molecule has 0 saturated carbocycles. The lowest BCUT2D eigenvalue weighted by Crippen LogP contribution is -2.29. The minimum atomic E-state index is -0.755. The number of nitrogens with one attached hydrogen (secondary N) is 1. The SMILES string of the molecule is COc1ccccc1-n1nccc1CNCC(CC(C)C)C(=O)O. The molecule has 2 rings (SSSR count). The molecule has 1 unspecified atom stereocenters. The minimum Gasteiger partial charge on any atom is -0.494 e. The van der Waals surface area contributed by atoms with E-state index in [0.29, 0.717) is 25.4 Å². The van der Waals surface area contributed by atoms with Gasteiger partial charge in [-0.25, -0.2) is 4.68 Å². The predicted octanol–water partition coefficient (Wildman–Crippen LogP) is 2.72. The number of carbonyl (C=O) groups is 1. The van der Waals surface area contributed by atoms with Crippen LogP contribution < -0.4 is 10.1 Å². The quantitative estimate of drug-likeness (QED) is 0.739. The first kappa shape index (κ1) is 18.0. The van der Waals surface area contributed by atoms with Crippen LogP contribution in [-0.2, 0) is 11.3 Å². The Bertz CT molecular complexity index is 667. The Morgan fingerprint density at radius 3 is 2.75 bits per heavy atom. The highest BCUT2D eigenvalue weighted by Gasteiger charge is 2.18. The molecule has 130 valence electrons. The van der Waals surface area contributed by atoms with E-state index in [0.717, 1.165) is 17.1 Å². The van der Waals surface area contributed by atoms with Gasteiger partial charge >= 0.3 is 5.97 Å². The molecule has 0 aliphatic carbocycles. The van der Waals surface area contributed by atoms with Crippen LogP contribution in [0.25, 0.3) is 5.69 Å². The third kappa shape index (κ3) is 4.58. The van der Waals surface area contributed by atoms with Crippen LogP contribution in [0.4, 0.5) is 0 Å². The molecule has 1 heterocycles.